The van der Waals surface area contributed by atoms with Crippen LogP contribution in [0.25, 0.3) is 6.08 Å². The van der Waals surface area contributed by atoms with E-state index in [4.69, 9.17) is 16.3 Å². The van der Waals surface area contributed by atoms with E-state index in [2.05, 4.69) is 50.1 Å². The van der Waals surface area contributed by atoms with Crippen molar-refractivity contribution in [3.05, 3.63) is 94.9 Å². The van der Waals surface area contributed by atoms with Crippen LogP contribution in [0.5, 0.6) is 5.75 Å². The monoisotopic (exact) mass is 799 g/mol. The van der Waals surface area contributed by atoms with Gasteiger partial charge in [-0.1, -0.05) is 48.0 Å². The number of carbonyl (C=O) groups excluding carboxylic acids is 3. The molecular formula is C29H24ClI2N3O4S. The van der Waals surface area contributed by atoms with E-state index >= 15 is 0 Å². The van der Waals surface area contributed by atoms with E-state index in [1.165, 1.54) is 0 Å². The van der Waals surface area contributed by atoms with Crippen LogP contribution in [0.15, 0.2) is 71.6 Å². The molecule has 0 bridgehead atoms. The van der Waals surface area contributed by atoms with Crippen LogP contribution in [0.1, 0.15) is 11.1 Å². The molecule has 0 N–H and O–H groups in total. The van der Waals surface area contributed by atoms with Crippen molar-refractivity contribution in [1.82, 2.24) is 9.80 Å². The lowest BCUT2D eigenvalue weighted by atomic mass is 10.2. The van der Waals surface area contributed by atoms with E-state index in [1.54, 1.807) is 11.0 Å². The predicted molar refractivity (Wildman–Crippen MR) is 176 cm³/mol. The summed E-state index contributed by atoms with van der Waals surface area (Å²) >= 11 is 11.5. The first-order valence-corrected chi connectivity index (χ1v) is 15.8. The Labute approximate surface area is 269 Å². The SMILES string of the molecule is O=C(CN1C(=O)S/C(=C/c2cc(I)c(OCc3ccccc3Cl)c(I)c2)C1=O)N1CCN(c2ccccc2)CC1. The second-order valence-corrected chi connectivity index (χ2v) is 12.9. The standard InChI is InChI=1S/C29H24ClI2N3O4S/c30-22-9-5-4-6-20(22)18-39-27-23(31)14-19(15-24(27)32)16-25-28(37)35(29(38)40-25)17-26(36)34-12-10-33(11-13-34)21-7-2-1-3-8-21/h1-9,14-16H,10-13,17-18H2/b25-16+. The third-order valence-electron chi connectivity index (χ3n) is 6.57. The lowest BCUT2D eigenvalue weighted by Gasteiger charge is -2.36. The molecule has 2 fully saturated rings. The molecule has 0 saturated carbocycles. The van der Waals surface area contributed by atoms with Crippen LogP contribution in [0.2, 0.25) is 5.02 Å². The van der Waals surface area contributed by atoms with Gasteiger partial charge in [-0.05, 0) is 98.9 Å². The number of hydrogen-bond acceptors (Lipinski definition) is 6. The average molecular weight is 800 g/mol. The van der Waals surface area contributed by atoms with Crippen molar-refractivity contribution >= 4 is 97.4 Å². The Morgan fingerprint density at radius 3 is 2.27 bits per heavy atom. The summed E-state index contributed by atoms with van der Waals surface area (Å²) in [6, 6.07) is 21.4. The number of carbonyl (C=O) groups is 3. The quantitative estimate of drug-likeness (QED) is 0.201. The van der Waals surface area contributed by atoms with Gasteiger partial charge in [-0.3, -0.25) is 19.3 Å². The molecular weight excluding hydrogens is 776 g/mol. The highest BCUT2D eigenvalue weighted by atomic mass is 127. The molecule has 0 aromatic heterocycles. The molecule has 206 valence electrons. The Kier molecular flexibility index (Phi) is 9.59. The molecule has 5 rings (SSSR count). The Bertz CT molecular complexity index is 1460. The summed E-state index contributed by atoms with van der Waals surface area (Å²) in [4.78, 5) is 44.0. The Balaban J connectivity index is 1.21. The summed E-state index contributed by atoms with van der Waals surface area (Å²) in [5.74, 6) is 0.0556. The van der Waals surface area contributed by atoms with Crippen LogP contribution in [-0.4, -0.2) is 59.6 Å². The number of imide groups is 1. The number of piperazine rings is 1. The number of amides is 3. The van der Waals surface area contributed by atoms with Crippen LogP contribution >= 0.6 is 68.5 Å². The molecule has 3 aromatic carbocycles. The third kappa shape index (κ3) is 6.77. The molecule has 3 amide bonds. The molecule has 2 saturated heterocycles. The maximum absolute atomic E-state index is 13.1. The second-order valence-electron chi connectivity index (χ2n) is 9.16. The first-order valence-electron chi connectivity index (χ1n) is 12.5. The molecule has 11 heteroatoms. The van der Waals surface area contributed by atoms with Gasteiger partial charge in [0.05, 0.1) is 12.0 Å². The predicted octanol–water partition coefficient (Wildman–Crippen LogP) is 6.51. The average Bonchev–Trinajstić information content (AvgIpc) is 3.21. The number of para-hydroxylation sites is 1. The first kappa shape index (κ1) is 29.2. The number of rotatable bonds is 7. The fourth-order valence-corrected chi connectivity index (χ4v) is 7.60. The molecule has 3 aromatic rings. The van der Waals surface area contributed by atoms with E-state index in [-0.39, 0.29) is 12.5 Å². The van der Waals surface area contributed by atoms with Crippen molar-refractivity contribution < 1.29 is 19.1 Å². The molecule has 0 aliphatic carbocycles. The summed E-state index contributed by atoms with van der Waals surface area (Å²) in [6.07, 6.45) is 1.69. The van der Waals surface area contributed by atoms with Crippen molar-refractivity contribution in [3.63, 3.8) is 0 Å². The summed E-state index contributed by atoms with van der Waals surface area (Å²) in [5, 5.41) is 0.212. The van der Waals surface area contributed by atoms with Crippen molar-refractivity contribution in [3.8, 4) is 5.75 Å². The normalized spacial score (nSPS) is 16.7. The fourth-order valence-electron chi connectivity index (χ4n) is 4.44. The van der Waals surface area contributed by atoms with E-state index < -0.39 is 11.1 Å². The smallest absolute Gasteiger partial charge is 0.294 e. The number of ether oxygens (including phenoxy) is 1. The van der Waals surface area contributed by atoms with Crippen molar-refractivity contribution in [2.24, 2.45) is 0 Å². The van der Waals surface area contributed by atoms with Gasteiger partial charge in [0.25, 0.3) is 11.1 Å². The van der Waals surface area contributed by atoms with Crippen molar-refractivity contribution in [1.29, 1.82) is 0 Å². The molecule has 0 unspecified atom stereocenters. The molecule has 2 aliphatic rings. The number of benzene rings is 3. The van der Waals surface area contributed by atoms with Crippen molar-refractivity contribution in [2.45, 2.75) is 6.61 Å². The zero-order valence-electron chi connectivity index (χ0n) is 21.2. The molecule has 2 aliphatic heterocycles. The second kappa shape index (κ2) is 13.1. The van der Waals surface area contributed by atoms with Gasteiger partial charge in [-0.15, -0.1) is 0 Å². The summed E-state index contributed by atoms with van der Waals surface area (Å²) in [6.45, 7) is 2.57. The lowest BCUT2D eigenvalue weighted by Crippen LogP contribution is -2.51. The molecule has 7 nitrogen and oxygen atoms in total. The van der Waals surface area contributed by atoms with Gasteiger partial charge in [-0.25, -0.2) is 0 Å². The number of nitrogens with zero attached hydrogens (tertiary/aromatic N) is 3. The third-order valence-corrected chi connectivity index (χ3v) is 9.45. The van der Waals surface area contributed by atoms with Gasteiger partial charge < -0.3 is 14.5 Å². The van der Waals surface area contributed by atoms with Crippen LogP contribution in [0.4, 0.5) is 10.5 Å². The number of thioether (sulfide) groups is 1. The molecule has 0 spiro atoms. The zero-order valence-corrected chi connectivity index (χ0v) is 27.1. The summed E-state index contributed by atoms with van der Waals surface area (Å²) in [7, 11) is 0. The minimum absolute atomic E-state index is 0.222. The van der Waals surface area contributed by atoms with E-state index in [0.29, 0.717) is 42.7 Å². The van der Waals surface area contributed by atoms with Crippen LogP contribution in [0, 0.1) is 7.14 Å². The number of hydrogen-bond donors (Lipinski definition) is 0. The molecule has 2 heterocycles. The van der Waals surface area contributed by atoms with E-state index in [1.807, 2.05) is 66.7 Å². The highest BCUT2D eigenvalue weighted by molar-refractivity contribution is 14.1. The van der Waals surface area contributed by atoms with Gasteiger partial charge in [0.2, 0.25) is 5.91 Å². The van der Waals surface area contributed by atoms with Gasteiger partial charge in [0.15, 0.2) is 0 Å². The largest absolute Gasteiger partial charge is 0.487 e. The molecule has 0 atom stereocenters. The Morgan fingerprint density at radius 1 is 0.950 bits per heavy atom. The maximum atomic E-state index is 13.1. The highest BCUT2D eigenvalue weighted by Gasteiger charge is 2.37. The minimum atomic E-state index is -0.449. The number of anilines is 1. The fraction of sp³-hybridized carbons (Fsp3) is 0.207. The topological polar surface area (TPSA) is 70.2 Å². The highest BCUT2D eigenvalue weighted by Crippen LogP contribution is 2.35. The zero-order chi connectivity index (χ0) is 28.2. The maximum Gasteiger partial charge on any atom is 0.294 e. The van der Waals surface area contributed by atoms with Crippen molar-refractivity contribution in [2.75, 3.05) is 37.6 Å². The van der Waals surface area contributed by atoms with E-state index in [9.17, 15) is 14.4 Å². The molecule has 0 radical (unpaired) electrons. The van der Waals surface area contributed by atoms with Gasteiger partial charge in [-0.2, -0.15) is 0 Å². The number of halogens is 3. The minimum Gasteiger partial charge on any atom is -0.487 e. The van der Waals surface area contributed by atoms with Gasteiger partial charge >= 0.3 is 0 Å². The molecule has 40 heavy (non-hydrogen) atoms. The Morgan fingerprint density at radius 2 is 1.60 bits per heavy atom. The lowest BCUT2D eigenvalue weighted by molar-refractivity contribution is -0.136. The van der Waals surface area contributed by atoms with Gasteiger partial charge in [0, 0.05) is 42.5 Å². The van der Waals surface area contributed by atoms with Gasteiger partial charge in [0.1, 0.15) is 18.9 Å². The van der Waals surface area contributed by atoms with Crippen LogP contribution in [-0.2, 0) is 16.2 Å². The summed E-state index contributed by atoms with van der Waals surface area (Å²) in [5.41, 5.74) is 2.78. The Hall–Kier alpha value is -2.29. The first-order chi connectivity index (χ1) is 19.3. The van der Waals surface area contributed by atoms with E-state index in [0.717, 1.165) is 46.4 Å². The summed E-state index contributed by atoms with van der Waals surface area (Å²) < 4.78 is 7.78. The van der Waals surface area contributed by atoms with Crippen LogP contribution in [0.3, 0.4) is 0 Å². The van der Waals surface area contributed by atoms with Crippen LogP contribution < -0.4 is 9.64 Å².